The molecule has 1 aliphatic heterocycles. The van der Waals surface area contributed by atoms with Gasteiger partial charge in [0.15, 0.2) is 0 Å². The summed E-state index contributed by atoms with van der Waals surface area (Å²) < 4.78 is 14.3. The number of β-amino-alcohol motifs (C(OH)–C–C–N with tert-alkyl or cyclic N) is 1. The van der Waals surface area contributed by atoms with Gasteiger partial charge >= 0.3 is 0 Å². The Balaban J connectivity index is 1.83. The minimum atomic E-state index is -0.535. The molecule has 0 bridgehead atoms. The maximum absolute atomic E-state index is 14.3. The Labute approximate surface area is 159 Å². The number of nitrogens with zero attached hydrogens (tertiary/aromatic N) is 2. The number of aromatic amines is 1. The minimum absolute atomic E-state index is 0.122. The van der Waals surface area contributed by atoms with Crippen LogP contribution < -0.4 is 15.8 Å². The summed E-state index contributed by atoms with van der Waals surface area (Å²) in [7, 11) is 0. The standard InChI is InChI=1S/C19H16ClFN4O2/c20-11-1-2-16(21)14(7-11)15-8-17(23-12-3-5-22-6-4-12)18(24-19(15)27)25-9-13(26)10-25/h1-8,13,26H,9-10H2,(H,22,23)(H,24,27). The van der Waals surface area contributed by atoms with Crippen LogP contribution >= 0.6 is 11.6 Å². The van der Waals surface area contributed by atoms with Gasteiger partial charge in [-0.25, -0.2) is 4.39 Å². The largest absolute Gasteiger partial charge is 0.389 e. The first-order valence-corrected chi connectivity index (χ1v) is 8.72. The average molecular weight is 387 g/mol. The Bertz CT molecular complexity index is 1040. The van der Waals surface area contributed by atoms with Crippen LogP contribution in [-0.2, 0) is 0 Å². The molecule has 1 aromatic carbocycles. The fraction of sp³-hybridized carbons (Fsp3) is 0.158. The van der Waals surface area contributed by atoms with Crippen LogP contribution in [0.1, 0.15) is 0 Å². The number of rotatable bonds is 4. The highest BCUT2D eigenvalue weighted by atomic mass is 35.5. The van der Waals surface area contributed by atoms with Crippen LogP contribution in [0.4, 0.5) is 21.6 Å². The molecule has 1 fully saturated rings. The normalized spacial score (nSPS) is 14.1. The summed E-state index contributed by atoms with van der Waals surface area (Å²) in [5, 5.41) is 13.2. The Morgan fingerprint density at radius 1 is 1.19 bits per heavy atom. The van der Waals surface area contributed by atoms with Crippen molar-refractivity contribution in [3.05, 3.63) is 70.0 Å². The number of anilines is 3. The summed E-state index contributed by atoms with van der Waals surface area (Å²) in [6.45, 7) is 0.817. The van der Waals surface area contributed by atoms with Gasteiger partial charge in [-0.15, -0.1) is 0 Å². The van der Waals surface area contributed by atoms with Crippen molar-refractivity contribution in [2.75, 3.05) is 23.3 Å². The van der Waals surface area contributed by atoms with Crippen LogP contribution in [-0.4, -0.2) is 34.3 Å². The van der Waals surface area contributed by atoms with Crippen molar-refractivity contribution in [2.24, 2.45) is 0 Å². The first-order valence-electron chi connectivity index (χ1n) is 8.34. The molecule has 27 heavy (non-hydrogen) atoms. The fourth-order valence-corrected chi connectivity index (χ4v) is 3.17. The maximum Gasteiger partial charge on any atom is 0.257 e. The molecule has 1 saturated heterocycles. The molecule has 0 unspecified atom stereocenters. The third-order valence-corrected chi connectivity index (χ3v) is 4.61. The molecule has 3 heterocycles. The summed E-state index contributed by atoms with van der Waals surface area (Å²) in [5.41, 5.74) is 1.19. The molecule has 0 radical (unpaired) electrons. The van der Waals surface area contributed by atoms with E-state index >= 15 is 0 Å². The number of aliphatic hydroxyl groups is 1. The third kappa shape index (κ3) is 3.51. The molecular formula is C19H16ClFN4O2. The molecule has 0 saturated carbocycles. The van der Waals surface area contributed by atoms with E-state index in [0.717, 1.165) is 5.69 Å². The smallest absolute Gasteiger partial charge is 0.257 e. The molecule has 0 aliphatic carbocycles. The molecule has 0 spiro atoms. The van der Waals surface area contributed by atoms with Crippen LogP contribution in [0.2, 0.25) is 5.02 Å². The number of nitrogens with one attached hydrogen (secondary N) is 2. The lowest BCUT2D eigenvalue weighted by molar-refractivity contribution is 0.141. The van der Waals surface area contributed by atoms with Crippen molar-refractivity contribution < 1.29 is 9.50 Å². The Morgan fingerprint density at radius 2 is 1.93 bits per heavy atom. The monoisotopic (exact) mass is 386 g/mol. The average Bonchev–Trinajstić information content (AvgIpc) is 2.63. The zero-order valence-corrected chi connectivity index (χ0v) is 14.9. The zero-order chi connectivity index (χ0) is 19.0. The van der Waals surface area contributed by atoms with Gasteiger partial charge in [-0.2, -0.15) is 0 Å². The van der Waals surface area contributed by atoms with Gasteiger partial charge in [-0.05, 0) is 36.4 Å². The van der Waals surface area contributed by atoms with Crippen molar-refractivity contribution in [2.45, 2.75) is 6.10 Å². The molecule has 0 amide bonds. The molecule has 138 valence electrons. The molecule has 2 aromatic heterocycles. The van der Waals surface area contributed by atoms with Crippen molar-refractivity contribution >= 4 is 28.8 Å². The number of aliphatic hydroxyl groups excluding tert-OH is 1. The molecule has 0 atom stereocenters. The number of aromatic nitrogens is 2. The van der Waals surface area contributed by atoms with Gasteiger partial charge in [-0.3, -0.25) is 9.78 Å². The predicted molar refractivity (Wildman–Crippen MR) is 103 cm³/mol. The Morgan fingerprint density at radius 3 is 2.63 bits per heavy atom. The van der Waals surface area contributed by atoms with Crippen LogP contribution in [0.3, 0.4) is 0 Å². The highest BCUT2D eigenvalue weighted by Gasteiger charge is 2.28. The van der Waals surface area contributed by atoms with E-state index in [1.54, 1.807) is 30.6 Å². The molecule has 1 aliphatic rings. The first-order chi connectivity index (χ1) is 13.0. The van der Waals surface area contributed by atoms with Crippen molar-refractivity contribution in [1.29, 1.82) is 0 Å². The van der Waals surface area contributed by atoms with Gasteiger partial charge in [0.25, 0.3) is 5.56 Å². The molecule has 3 N–H and O–H groups in total. The fourth-order valence-electron chi connectivity index (χ4n) is 3.00. The van der Waals surface area contributed by atoms with Crippen LogP contribution in [0.5, 0.6) is 0 Å². The van der Waals surface area contributed by atoms with E-state index < -0.39 is 17.5 Å². The highest BCUT2D eigenvalue weighted by Crippen LogP contribution is 2.33. The van der Waals surface area contributed by atoms with Crippen molar-refractivity contribution in [3.63, 3.8) is 0 Å². The number of pyridine rings is 2. The lowest BCUT2D eigenvalue weighted by Gasteiger charge is -2.38. The van der Waals surface area contributed by atoms with Crippen LogP contribution in [0, 0.1) is 5.82 Å². The number of H-pyrrole nitrogens is 1. The zero-order valence-electron chi connectivity index (χ0n) is 14.1. The Kier molecular flexibility index (Phi) is 4.55. The molecule has 3 aromatic rings. The number of halogens is 2. The van der Waals surface area contributed by atoms with Gasteiger partial charge in [0.05, 0.1) is 17.4 Å². The van der Waals surface area contributed by atoms with E-state index in [-0.39, 0.29) is 11.1 Å². The summed E-state index contributed by atoms with van der Waals surface area (Å²) in [5.74, 6) is 0.000169. The summed E-state index contributed by atoms with van der Waals surface area (Å²) in [6, 6.07) is 9.23. The van der Waals surface area contributed by atoms with Gasteiger partial charge in [0.2, 0.25) is 0 Å². The van der Waals surface area contributed by atoms with Crippen molar-refractivity contribution in [1.82, 2.24) is 9.97 Å². The quantitative estimate of drug-likeness (QED) is 0.641. The van der Waals surface area contributed by atoms with E-state index in [0.29, 0.717) is 29.6 Å². The molecular weight excluding hydrogens is 371 g/mol. The molecule has 4 rings (SSSR count). The van der Waals surface area contributed by atoms with Crippen LogP contribution in [0.25, 0.3) is 11.1 Å². The van der Waals surface area contributed by atoms with Crippen LogP contribution in [0.15, 0.2) is 53.6 Å². The molecule has 8 heteroatoms. The number of benzene rings is 1. The topological polar surface area (TPSA) is 81.2 Å². The van der Waals surface area contributed by atoms with Gasteiger partial charge in [0, 0.05) is 41.8 Å². The van der Waals surface area contributed by atoms with Gasteiger partial charge < -0.3 is 20.3 Å². The minimum Gasteiger partial charge on any atom is -0.389 e. The van der Waals surface area contributed by atoms with E-state index in [1.165, 1.54) is 18.2 Å². The molecule has 6 nitrogen and oxygen atoms in total. The second-order valence-electron chi connectivity index (χ2n) is 6.32. The highest BCUT2D eigenvalue weighted by molar-refractivity contribution is 6.30. The number of hydrogen-bond acceptors (Lipinski definition) is 5. The van der Waals surface area contributed by atoms with E-state index in [1.807, 2.05) is 4.90 Å². The lowest BCUT2D eigenvalue weighted by atomic mass is 10.1. The first kappa shape index (κ1) is 17.5. The van der Waals surface area contributed by atoms with E-state index in [4.69, 9.17) is 11.6 Å². The predicted octanol–water partition coefficient (Wildman–Crippen LogP) is 3.15. The lowest BCUT2D eigenvalue weighted by Crippen LogP contribution is -2.51. The Hall–Kier alpha value is -2.90. The SMILES string of the molecule is O=c1[nH]c(N2CC(O)C2)c(Nc2ccncc2)cc1-c1cc(Cl)ccc1F. The summed E-state index contributed by atoms with van der Waals surface area (Å²) in [4.78, 5) is 21.3. The van der Waals surface area contributed by atoms with E-state index in [2.05, 4.69) is 15.3 Å². The summed E-state index contributed by atoms with van der Waals surface area (Å²) >= 11 is 5.98. The number of hydrogen-bond donors (Lipinski definition) is 3. The third-order valence-electron chi connectivity index (χ3n) is 4.38. The second kappa shape index (κ2) is 7.02. The maximum atomic E-state index is 14.3. The second-order valence-corrected chi connectivity index (χ2v) is 6.75. The van der Waals surface area contributed by atoms with Crippen molar-refractivity contribution in [3.8, 4) is 11.1 Å². The summed E-state index contributed by atoms with van der Waals surface area (Å²) in [6.07, 6.45) is 2.84. The van der Waals surface area contributed by atoms with E-state index in [9.17, 15) is 14.3 Å². The van der Waals surface area contributed by atoms with Gasteiger partial charge in [-0.1, -0.05) is 11.6 Å². The van der Waals surface area contributed by atoms with Gasteiger partial charge in [0.1, 0.15) is 11.6 Å².